The van der Waals surface area contributed by atoms with Crippen LogP contribution in [0.25, 0.3) is 0 Å². The van der Waals surface area contributed by atoms with E-state index in [1.54, 1.807) is 12.1 Å². The first kappa shape index (κ1) is 16.9. The van der Waals surface area contributed by atoms with Crippen LogP contribution in [0.2, 0.25) is 0 Å². The van der Waals surface area contributed by atoms with Crippen LogP contribution in [0.15, 0.2) is 36.4 Å². The molecule has 108 valence electrons. The molecule has 0 aliphatic carbocycles. The monoisotopic (exact) mass is 620 g/mol. The van der Waals surface area contributed by atoms with Crippen molar-refractivity contribution < 1.29 is 19.4 Å². The summed E-state index contributed by atoms with van der Waals surface area (Å²) in [5, 5.41) is 9.11. The maximum atomic E-state index is 12.2. The summed E-state index contributed by atoms with van der Waals surface area (Å²) in [5.41, 5.74) is -0.0341. The Hall–Kier alpha value is -0.430. The number of ether oxygens (including phenoxy) is 1. The molecule has 2 aromatic carbocycles. The van der Waals surface area contributed by atoms with Gasteiger partial charge in [-0.25, -0.2) is 9.59 Å². The predicted molar refractivity (Wildman–Crippen MR) is 103 cm³/mol. The molecule has 21 heavy (non-hydrogen) atoms. The van der Waals surface area contributed by atoms with Gasteiger partial charge < -0.3 is 9.84 Å². The van der Waals surface area contributed by atoms with Gasteiger partial charge in [-0.05, 0) is 92.0 Å². The number of hydrogen-bond donors (Lipinski definition) is 1. The third-order valence-electron chi connectivity index (χ3n) is 2.54. The van der Waals surface area contributed by atoms with Crippen LogP contribution in [0.4, 0.5) is 0 Å². The van der Waals surface area contributed by atoms with Crippen molar-refractivity contribution >= 4 is 79.7 Å². The van der Waals surface area contributed by atoms with Crippen molar-refractivity contribution in [1.29, 1.82) is 0 Å². The molecular weight excluding hydrogens is 613 g/mol. The summed E-state index contributed by atoms with van der Waals surface area (Å²) >= 11 is 6.35. The second-order valence-electron chi connectivity index (χ2n) is 3.94. The summed E-state index contributed by atoms with van der Waals surface area (Å²) in [7, 11) is 0. The Morgan fingerprint density at radius 2 is 1.48 bits per heavy atom. The van der Waals surface area contributed by atoms with E-state index in [2.05, 4.69) is 67.8 Å². The Labute approximate surface area is 161 Å². The van der Waals surface area contributed by atoms with Gasteiger partial charge in [0, 0.05) is 3.57 Å². The Bertz CT molecular complexity index is 705. The van der Waals surface area contributed by atoms with Gasteiger partial charge in [-0.1, -0.05) is 12.1 Å². The number of carbonyl (C=O) groups is 2. The van der Waals surface area contributed by atoms with Crippen molar-refractivity contribution in [3.8, 4) is 5.75 Å². The van der Waals surface area contributed by atoms with Crippen molar-refractivity contribution in [3.63, 3.8) is 0 Å². The second kappa shape index (κ2) is 7.22. The summed E-state index contributed by atoms with van der Waals surface area (Å²) in [6.07, 6.45) is 0. The van der Waals surface area contributed by atoms with E-state index in [1.165, 1.54) is 12.1 Å². The van der Waals surface area contributed by atoms with Crippen molar-refractivity contribution in [2.24, 2.45) is 0 Å². The lowest BCUT2D eigenvalue weighted by molar-refractivity contribution is 0.0667. The molecule has 4 nitrogen and oxygen atoms in total. The molecule has 0 aliphatic heterocycles. The number of aromatic carboxylic acids is 1. The van der Waals surface area contributed by atoms with Gasteiger partial charge in [0.15, 0.2) is 5.75 Å². The molecule has 1 N–H and O–H groups in total. The van der Waals surface area contributed by atoms with E-state index >= 15 is 0 Å². The predicted octanol–water partition coefficient (Wildman–Crippen LogP) is 4.42. The zero-order chi connectivity index (χ0) is 15.6. The number of benzene rings is 2. The van der Waals surface area contributed by atoms with Crippen LogP contribution in [0.1, 0.15) is 20.7 Å². The first-order chi connectivity index (χ1) is 9.90. The van der Waals surface area contributed by atoms with E-state index in [0.717, 1.165) is 10.7 Å². The normalized spacial score (nSPS) is 10.2. The van der Waals surface area contributed by atoms with Crippen LogP contribution in [0.5, 0.6) is 5.75 Å². The Balaban J connectivity index is 2.38. The maximum Gasteiger partial charge on any atom is 0.344 e. The van der Waals surface area contributed by atoms with Gasteiger partial charge >= 0.3 is 11.9 Å². The molecule has 0 fully saturated rings. The minimum Gasteiger partial charge on any atom is -0.478 e. The fourth-order valence-corrected chi connectivity index (χ4v) is 5.42. The molecule has 0 spiro atoms. The molecule has 0 aliphatic rings. The molecule has 0 atom stereocenters. The first-order valence-corrected chi connectivity index (χ1v) is 8.83. The SMILES string of the molecule is O=C(O)c1ccccc1C(=O)Oc1c(I)cc(I)cc1I. The first-order valence-electron chi connectivity index (χ1n) is 5.59. The highest BCUT2D eigenvalue weighted by molar-refractivity contribution is 14.1. The molecule has 0 aromatic heterocycles. The van der Waals surface area contributed by atoms with Crippen molar-refractivity contribution in [1.82, 2.24) is 0 Å². The number of carbonyl (C=O) groups excluding carboxylic acids is 1. The molecule has 0 saturated carbocycles. The molecule has 2 rings (SSSR count). The van der Waals surface area contributed by atoms with Crippen molar-refractivity contribution in [2.45, 2.75) is 0 Å². The highest BCUT2D eigenvalue weighted by atomic mass is 127. The largest absolute Gasteiger partial charge is 0.478 e. The van der Waals surface area contributed by atoms with E-state index < -0.39 is 11.9 Å². The summed E-state index contributed by atoms with van der Waals surface area (Å²) in [6, 6.07) is 9.76. The van der Waals surface area contributed by atoms with Crippen molar-refractivity contribution in [3.05, 3.63) is 58.2 Å². The molecule has 0 unspecified atom stereocenters. The molecule has 0 saturated heterocycles. The summed E-state index contributed by atoms with van der Waals surface area (Å²) in [6.45, 7) is 0. The second-order valence-corrected chi connectivity index (χ2v) is 7.51. The van der Waals surface area contributed by atoms with Gasteiger partial charge in [-0.2, -0.15) is 0 Å². The quantitative estimate of drug-likeness (QED) is 0.314. The number of hydrogen-bond acceptors (Lipinski definition) is 3. The molecule has 0 bridgehead atoms. The van der Waals surface area contributed by atoms with E-state index in [4.69, 9.17) is 9.84 Å². The minimum atomic E-state index is -1.16. The fourth-order valence-electron chi connectivity index (χ4n) is 1.62. The molecule has 7 heteroatoms. The van der Waals surface area contributed by atoms with Crippen LogP contribution in [-0.2, 0) is 0 Å². The van der Waals surface area contributed by atoms with E-state index in [1.807, 2.05) is 12.1 Å². The number of esters is 1. The number of carboxylic acids is 1. The Kier molecular flexibility index (Phi) is 5.82. The highest BCUT2D eigenvalue weighted by Crippen LogP contribution is 2.30. The van der Waals surface area contributed by atoms with Gasteiger partial charge in [0.1, 0.15) is 0 Å². The van der Waals surface area contributed by atoms with Crippen LogP contribution >= 0.6 is 67.8 Å². The van der Waals surface area contributed by atoms with Gasteiger partial charge in [0.25, 0.3) is 0 Å². The topological polar surface area (TPSA) is 63.6 Å². The lowest BCUT2D eigenvalue weighted by Gasteiger charge is -2.10. The smallest absolute Gasteiger partial charge is 0.344 e. The van der Waals surface area contributed by atoms with Crippen LogP contribution in [0, 0.1) is 10.7 Å². The van der Waals surface area contributed by atoms with Gasteiger partial charge in [-0.15, -0.1) is 0 Å². The van der Waals surface area contributed by atoms with E-state index in [9.17, 15) is 9.59 Å². The van der Waals surface area contributed by atoms with Crippen molar-refractivity contribution in [2.75, 3.05) is 0 Å². The summed E-state index contributed by atoms with van der Waals surface area (Å²) in [5.74, 6) is -1.39. The molecule has 2 aromatic rings. The molecule has 0 heterocycles. The molecular formula is C14H7I3O4. The third-order valence-corrected chi connectivity index (χ3v) is 4.76. The molecule has 0 amide bonds. The Morgan fingerprint density at radius 1 is 0.952 bits per heavy atom. The van der Waals surface area contributed by atoms with Crippen LogP contribution in [-0.4, -0.2) is 17.0 Å². The zero-order valence-electron chi connectivity index (χ0n) is 10.3. The highest BCUT2D eigenvalue weighted by Gasteiger charge is 2.20. The zero-order valence-corrected chi connectivity index (χ0v) is 16.7. The summed E-state index contributed by atoms with van der Waals surface area (Å²) < 4.78 is 8.01. The number of rotatable bonds is 3. The third kappa shape index (κ3) is 4.06. The van der Waals surface area contributed by atoms with E-state index in [-0.39, 0.29) is 11.1 Å². The lowest BCUT2D eigenvalue weighted by atomic mass is 10.1. The van der Waals surface area contributed by atoms with Gasteiger partial charge in [-0.3, -0.25) is 0 Å². The number of carboxylic acid groups (broad SMARTS) is 1. The minimum absolute atomic E-state index is 0.0372. The maximum absolute atomic E-state index is 12.2. The van der Waals surface area contributed by atoms with Gasteiger partial charge in [0.05, 0.1) is 18.3 Å². The number of halogens is 3. The standard InChI is InChI=1S/C14H7I3O4/c15-7-5-10(16)12(11(17)6-7)21-14(20)9-4-2-1-3-8(9)13(18)19/h1-6H,(H,18,19). The fraction of sp³-hybridized carbons (Fsp3) is 0. The average Bonchev–Trinajstić information content (AvgIpc) is 2.42. The van der Waals surface area contributed by atoms with E-state index in [0.29, 0.717) is 5.75 Å². The Morgan fingerprint density at radius 3 is 2.00 bits per heavy atom. The molecule has 0 radical (unpaired) electrons. The van der Waals surface area contributed by atoms with Gasteiger partial charge in [0.2, 0.25) is 0 Å². The van der Waals surface area contributed by atoms with Crippen LogP contribution < -0.4 is 4.74 Å². The van der Waals surface area contributed by atoms with Crippen LogP contribution in [0.3, 0.4) is 0 Å². The average molecular weight is 620 g/mol. The summed E-state index contributed by atoms with van der Waals surface area (Å²) in [4.78, 5) is 23.4. The lowest BCUT2D eigenvalue weighted by Crippen LogP contribution is -2.15.